The number of nitrogens with one attached hydrogen (secondary N) is 1. The molecule has 5 nitrogen and oxygen atoms in total. The van der Waals surface area contributed by atoms with Crippen LogP contribution >= 0.6 is 11.8 Å². The number of primary amides is 1. The molecule has 1 aliphatic carbocycles. The van der Waals surface area contributed by atoms with Gasteiger partial charge in [0.25, 0.3) is 5.91 Å². The molecule has 1 fully saturated rings. The summed E-state index contributed by atoms with van der Waals surface area (Å²) in [6.45, 7) is 2.18. The molecule has 0 radical (unpaired) electrons. The van der Waals surface area contributed by atoms with E-state index in [1.165, 1.54) is 6.42 Å². The lowest BCUT2D eigenvalue weighted by molar-refractivity contribution is 0.100. The average molecular weight is 280 g/mol. The number of carbonyl (C=O) groups is 1. The van der Waals surface area contributed by atoms with Crippen LogP contribution in [0.2, 0.25) is 0 Å². The van der Waals surface area contributed by atoms with E-state index in [4.69, 9.17) is 11.5 Å². The van der Waals surface area contributed by atoms with Gasteiger partial charge in [-0.25, -0.2) is 4.98 Å². The smallest absolute Gasteiger partial charge is 0.252 e. The highest BCUT2D eigenvalue weighted by atomic mass is 32.2. The number of anilines is 2. The molecule has 0 bridgehead atoms. The lowest BCUT2D eigenvalue weighted by Crippen LogP contribution is -2.21. The fourth-order valence-electron chi connectivity index (χ4n) is 2.44. The number of nitrogens with zero attached hydrogens (tertiary/aromatic N) is 1. The summed E-state index contributed by atoms with van der Waals surface area (Å²) in [5, 5.41) is 4.03. The third-order valence-corrected chi connectivity index (χ3v) is 4.53. The van der Waals surface area contributed by atoms with Gasteiger partial charge in [-0.15, -0.1) is 0 Å². The molecule has 104 valence electrons. The van der Waals surface area contributed by atoms with E-state index in [9.17, 15) is 4.79 Å². The zero-order valence-electron chi connectivity index (χ0n) is 11.1. The summed E-state index contributed by atoms with van der Waals surface area (Å²) in [6.07, 6.45) is 4.95. The molecule has 2 rings (SSSR count). The van der Waals surface area contributed by atoms with Crippen LogP contribution in [0.25, 0.3) is 0 Å². The van der Waals surface area contributed by atoms with Crippen molar-refractivity contribution >= 4 is 29.2 Å². The minimum Gasteiger partial charge on any atom is -0.397 e. The van der Waals surface area contributed by atoms with E-state index in [-0.39, 0.29) is 0 Å². The molecule has 2 atom stereocenters. The molecule has 1 aromatic heterocycles. The molecule has 1 saturated carbocycles. The standard InChI is InChI=1S/C13H20N4OS/c1-2-19-10-4-3-9(6-10)17-13-11(12(15)18)5-8(14)7-16-13/h5,7,9-10H,2-4,6,14H2,1H3,(H2,15,18)(H,16,17). The van der Waals surface area contributed by atoms with E-state index < -0.39 is 5.91 Å². The van der Waals surface area contributed by atoms with Crippen LogP contribution in [0, 0.1) is 0 Å². The minimum atomic E-state index is -0.500. The van der Waals surface area contributed by atoms with Crippen molar-refractivity contribution in [2.45, 2.75) is 37.5 Å². The third-order valence-electron chi connectivity index (χ3n) is 3.30. The largest absolute Gasteiger partial charge is 0.397 e. The predicted molar refractivity (Wildman–Crippen MR) is 80.3 cm³/mol. The van der Waals surface area contributed by atoms with Crippen molar-refractivity contribution < 1.29 is 4.79 Å². The Morgan fingerprint density at radius 1 is 1.58 bits per heavy atom. The number of nitrogens with two attached hydrogens (primary N) is 2. The van der Waals surface area contributed by atoms with Crippen molar-refractivity contribution in [3.8, 4) is 0 Å². The Morgan fingerprint density at radius 2 is 2.37 bits per heavy atom. The van der Waals surface area contributed by atoms with Gasteiger partial charge in [0.1, 0.15) is 5.82 Å². The summed E-state index contributed by atoms with van der Waals surface area (Å²) in [5.74, 6) is 1.19. The molecule has 0 aliphatic heterocycles. The highest BCUT2D eigenvalue weighted by Gasteiger charge is 2.25. The van der Waals surface area contributed by atoms with Crippen molar-refractivity contribution in [3.05, 3.63) is 17.8 Å². The van der Waals surface area contributed by atoms with Crippen LogP contribution in [-0.4, -0.2) is 27.9 Å². The number of aromatic nitrogens is 1. The second-order valence-electron chi connectivity index (χ2n) is 4.76. The molecule has 1 amide bonds. The van der Waals surface area contributed by atoms with Gasteiger partial charge in [-0.05, 0) is 31.1 Å². The molecular formula is C13H20N4OS. The Kier molecular flexibility index (Phi) is 4.52. The third kappa shape index (κ3) is 3.53. The molecule has 1 heterocycles. The maximum absolute atomic E-state index is 11.4. The first-order valence-corrected chi connectivity index (χ1v) is 7.58. The van der Waals surface area contributed by atoms with E-state index in [1.807, 2.05) is 11.8 Å². The van der Waals surface area contributed by atoms with Crippen molar-refractivity contribution in [2.24, 2.45) is 5.73 Å². The van der Waals surface area contributed by atoms with Crippen LogP contribution in [0.5, 0.6) is 0 Å². The summed E-state index contributed by atoms with van der Waals surface area (Å²) >= 11 is 1.99. The second-order valence-corrected chi connectivity index (χ2v) is 6.34. The number of amides is 1. The van der Waals surface area contributed by atoms with Gasteiger partial charge in [0.05, 0.1) is 17.4 Å². The summed E-state index contributed by atoms with van der Waals surface area (Å²) in [6, 6.07) is 1.93. The SMILES string of the molecule is CCSC1CCC(Nc2ncc(N)cc2C(N)=O)C1. The maximum atomic E-state index is 11.4. The molecule has 1 aliphatic rings. The highest BCUT2D eigenvalue weighted by molar-refractivity contribution is 7.99. The van der Waals surface area contributed by atoms with Crippen molar-refractivity contribution in [1.29, 1.82) is 0 Å². The monoisotopic (exact) mass is 280 g/mol. The Morgan fingerprint density at radius 3 is 3.05 bits per heavy atom. The summed E-state index contributed by atoms with van der Waals surface area (Å²) in [7, 11) is 0. The topological polar surface area (TPSA) is 94.0 Å². The van der Waals surface area contributed by atoms with Crippen LogP contribution in [0.15, 0.2) is 12.3 Å². The van der Waals surface area contributed by atoms with Gasteiger partial charge in [-0.3, -0.25) is 4.79 Å². The Balaban J connectivity index is 2.05. The zero-order chi connectivity index (χ0) is 13.8. The van der Waals surface area contributed by atoms with Crippen LogP contribution < -0.4 is 16.8 Å². The van der Waals surface area contributed by atoms with E-state index >= 15 is 0 Å². The zero-order valence-corrected chi connectivity index (χ0v) is 11.9. The van der Waals surface area contributed by atoms with E-state index in [0.29, 0.717) is 28.4 Å². The van der Waals surface area contributed by atoms with E-state index in [2.05, 4.69) is 17.2 Å². The van der Waals surface area contributed by atoms with Gasteiger partial charge in [0.15, 0.2) is 0 Å². The van der Waals surface area contributed by atoms with E-state index in [0.717, 1.165) is 18.6 Å². The second kappa shape index (κ2) is 6.14. The average Bonchev–Trinajstić information content (AvgIpc) is 2.79. The number of carbonyl (C=O) groups excluding carboxylic acids is 1. The van der Waals surface area contributed by atoms with Gasteiger partial charge in [0, 0.05) is 11.3 Å². The Hall–Kier alpha value is -1.43. The number of nitrogen functional groups attached to an aromatic ring is 1. The number of hydrogen-bond acceptors (Lipinski definition) is 5. The normalized spacial score (nSPS) is 22.4. The summed E-state index contributed by atoms with van der Waals surface area (Å²) in [5.41, 5.74) is 11.8. The van der Waals surface area contributed by atoms with Gasteiger partial charge in [-0.1, -0.05) is 6.92 Å². The molecule has 2 unspecified atom stereocenters. The maximum Gasteiger partial charge on any atom is 0.252 e. The van der Waals surface area contributed by atoms with Crippen LogP contribution in [0.3, 0.4) is 0 Å². The molecule has 19 heavy (non-hydrogen) atoms. The molecule has 0 spiro atoms. The van der Waals surface area contributed by atoms with Gasteiger partial charge < -0.3 is 16.8 Å². The Labute approximate surface area is 117 Å². The molecule has 1 aromatic rings. The molecule has 0 saturated heterocycles. The van der Waals surface area contributed by atoms with Crippen molar-refractivity contribution in [2.75, 3.05) is 16.8 Å². The quantitative estimate of drug-likeness (QED) is 0.765. The van der Waals surface area contributed by atoms with Gasteiger partial charge in [0.2, 0.25) is 0 Å². The van der Waals surface area contributed by atoms with Crippen molar-refractivity contribution in [1.82, 2.24) is 4.98 Å². The molecule has 0 aromatic carbocycles. The number of hydrogen-bond donors (Lipinski definition) is 3. The first-order chi connectivity index (χ1) is 9.10. The predicted octanol–water partition coefficient (Wildman–Crippen LogP) is 1.85. The molecule has 5 N–H and O–H groups in total. The van der Waals surface area contributed by atoms with Crippen molar-refractivity contribution in [3.63, 3.8) is 0 Å². The fourth-order valence-corrected chi connectivity index (χ4v) is 3.58. The highest BCUT2D eigenvalue weighted by Crippen LogP contribution is 2.31. The van der Waals surface area contributed by atoms with Gasteiger partial charge >= 0.3 is 0 Å². The van der Waals surface area contributed by atoms with Crippen LogP contribution in [0.1, 0.15) is 36.5 Å². The lowest BCUT2D eigenvalue weighted by Gasteiger charge is -2.16. The van der Waals surface area contributed by atoms with Crippen LogP contribution in [0.4, 0.5) is 11.5 Å². The minimum absolute atomic E-state index is 0.360. The fraction of sp³-hybridized carbons (Fsp3) is 0.538. The summed E-state index contributed by atoms with van der Waals surface area (Å²) < 4.78 is 0. The summed E-state index contributed by atoms with van der Waals surface area (Å²) in [4.78, 5) is 15.6. The number of rotatable bonds is 5. The lowest BCUT2D eigenvalue weighted by atomic mass is 10.2. The van der Waals surface area contributed by atoms with Gasteiger partial charge in [-0.2, -0.15) is 11.8 Å². The number of pyridine rings is 1. The number of thioether (sulfide) groups is 1. The van der Waals surface area contributed by atoms with E-state index in [1.54, 1.807) is 12.3 Å². The molecule has 6 heteroatoms. The molecular weight excluding hydrogens is 260 g/mol. The van der Waals surface area contributed by atoms with Crippen LogP contribution in [-0.2, 0) is 0 Å². The first-order valence-electron chi connectivity index (χ1n) is 6.53. The Bertz CT molecular complexity index is 466. The first kappa shape index (κ1) is 14.0.